The fourth-order valence-corrected chi connectivity index (χ4v) is 3.37. The van der Waals surface area contributed by atoms with Crippen molar-refractivity contribution in [3.63, 3.8) is 0 Å². The number of hydrogen-bond acceptors (Lipinski definition) is 1. The fraction of sp³-hybridized carbons (Fsp3) is 0.625. The van der Waals surface area contributed by atoms with Crippen LogP contribution >= 0.6 is 11.6 Å². The molecule has 3 rings (SSSR count). The summed E-state index contributed by atoms with van der Waals surface area (Å²) in [6.07, 6.45) is 3.88. The Morgan fingerprint density at radius 2 is 1.94 bits per heavy atom. The van der Waals surface area contributed by atoms with Crippen LogP contribution < -0.4 is 5.32 Å². The molecule has 0 saturated heterocycles. The summed E-state index contributed by atoms with van der Waals surface area (Å²) >= 11 is 6.23. The van der Waals surface area contributed by atoms with Gasteiger partial charge in [-0.25, -0.2) is 0 Å². The van der Waals surface area contributed by atoms with E-state index in [1.54, 1.807) is 0 Å². The Labute approximate surface area is 115 Å². The van der Waals surface area contributed by atoms with E-state index in [1.807, 2.05) is 12.1 Å². The van der Waals surface area contributed by atoms with Gasteiger partial charge in [0.15, 0.2) is 0 Å². The summed E-state index contributed by atoms with van der Waals surface area (Å²) in [4.78, 5) is 0. The molecule has 98 valence electrons. The second kappa shape index (κ2) is 4.54. The summed E-state index contributed by atoms with van der Waals surface area (Å²) in [5.74, 6) is 1.57. The smallest absolute Gasteiger partial charge is 0.0440 e. The zero-order valence-electron chi connectivity index (χ0n) is 11.2. The standard InChI is InChI=1S/C16H22ClN/c1-16(2)9-12(16)10-18-13-7-11(8-13)14-5-3-4-6-15(14)17/h3-6,11-13,18H,7-10H2,1-2H3. The molecule has 0 bridgehead atoms. The molecule has 0 heterocycles. The van der Waals surface area contributed by atoms with E-state index in [0.29, 0.717) is 17.4 Å². The van der Waals surface area contributed by atoms with Crippen LogP contribution in [-0.4, -0.2) is 12.6 Å². The van der Waals surface area contributed by atoms with E-state index in [-0.39, 0.29) is 0 Å². The Hall–Kier alpha value is -0.530. The number of hydrogen-bond donors (Lipinski definition) is 1. The van der Waals surface area contributed by atoms with Crippen LogP contribution in [0.3, 0.4) is 0 Å². The third-order valence-electron chi connectivity index (χ3n) is 4.85. The van der Waals surface area contributed by atoms with E-state index in [4.69, 9.17) is 11.6 Å². The number of nitrogens with one attached hydrogen (secondary N) is 1. The first kappa shape index (κ1) is 12.5. The third-order valence-corrected chi connectivity index (χ3v) is 5.20. The van der Waals surface area contributed by atoms with Gasteiger partial charge in [-0.3, -0.25) is 0 Å². The summed E-state index contributed by atoms with van der Waals surface area (Å²) in [7, 11) is 0. The molecule has 1 aromatic carbocycles. The van der Waals surface area contributed by atoms with Crippen LogP contribution in [0.4, 0.5) is 0 Å². The monoisotopic (exact) mass is 263 g/mol. The van der Waals surface area contributed by atoms with E-state index in [0.717, 1.165) is 10.9 Å². The van der Waals surface area contributed by atoms with E-state index >= 15 is 0 Å². The topological polar surface area (TPSA) is 12.0 Å². The van der Waals surface area contributed by atoms with Crippen molar-refractivity contribution >= 4 is 11.6 Å². The summed E-state index contributed by atoms with van der Waals surface area (Å²) in [6, 6.07) is 8.99. The molecule has 2 saturated carbocycles. The quantitative estimate of drug-likeness (QED) is 0.858. The zero-order chi connectivity index (χ0) is 12.8. The normalized spacial score (nSPS) is 32.9. The molecule has 1 unspecified atom stereocenters. The largest absolute Gasteiger partial charge is 0.314 e. The zero-order valence-corrected chi connectivity index (χ0v) is 12.0. The lowest BCUT2D eigenvalue weighted by molar-refractivity contribution is 0.284. The highest BCUT2D eigenvalue weighted by molar-refractivity contribution is 6.31. The molecule has 2 heteroatoms. The lowest BCUT2D eigenvalue weighted by Gasteiger charge is -2.37. The first-order chi connectivity index (χ1) is 8.56. The van der Waals surface area contributed by atoms with Crippen molar-refractivity contribution < 1.29 is 0 Å². The molecule has 1 aromatic rings. The van der Waals surface area contributed by atoms with Gasteiger partial charge in [0, 0.05) is 11.1 Å². The van der Waals surface area contributed by atoms with Crippen LogP contribution in [0, 0.1) is 11.3 Å². The minimum Gasteiger partial charge on any atom is -0.314 e. The molecule has 0 spiro atoms. The minimum absolute atomic E-state index is 0.596. The molecule has 1 N–H and O–H groups in total. The Morgan fingerprint density at radius 3 is 2.56 bits per heavy atom. The Balaban J connectivity index is 1.45. The van der Waals surface area contributed by atoms with E-state index in [9.17, 15) is 0 Å². The SMILES string of the molecule is CC1(C)CC1CNC1CC(c2ccccc2Cl)C1. The van der Waals surface area contributed by atoms with Crippen molar-refractivity contribution in [1.29, 1.82) is 0 Å². The van der Waals surface area contributed by atoms with Gasteiger partial charge >= 0.3 is 0 Å². The highest BCUT2D eigenvalue weighted by atomic mass is 35.5. The lowest BCUT2D eigenvalue weighted by Crippen LogP contribution is -2.41. The summed E-state index contributed by atoms with van der Waals surface area (Å²) in [6.45, 7) is 5.94. The molecule has 18 heavy (non-hydrogen) atoms. The highest BCUT2D eigenvalue weighted by Gasteiger charge is 2.45. The van der Waals surface area contributed by atoms with Crippen molar-refractivity contribution in [3.8, 4) is 0 Å². The fourth-order valence-electron chi connectivity index (χ4n) is 3.08. The number of benzene rings is 1. The van der Waals surface area contributed by atoms with Gasteiger partial charge in [0.25, 0.3) is 0 Å². The molecule has 0 radical (unpaired) electrons. The average molecular weight is 264 g/mol. The van der Waals surface area contributed by atoms with Gasteiger partial charge in [-0.1, -0.05) is 43.6 Å². The van der Waals surface area contributed by atoms with E-state index in [1.165, 1.54) is 31.4 Å². The van der Waals surface area contributed by atoms with Crippen molar-refractivity contribution in [1.82, 2.24) is 5.32 Å². The molecule has 0 aromatic heterocycles. The highest BCUT2D eigenvalue weighted by Crippen LogP contribution is 2.51. The summed E-state index contributed by atoms with van der Waals surface area (Å²) in [5, 5.41) is 4.65. The van der Waals surface area contributed by atoms with Crippen molar-refractivity contribution in [2.75, 3.05) is 6.54 Å². The molecule has 2 fully saturated rings. The van der Waals surface area contributed by atoms with Gasteiger partial charge in [-0.2, -0.15) is 0 Å². The molecule has 2 aliphatic carbocycles. The second-order valence-electron chi connectivity index (χ2n) is 6.68. The average Bonchev–Trinajstić information content (AvgIpc) is 2.87. The predicted molar refractivity (Wildman–Crippen MR) is 77.1 cm³/mol. The first-order valence-corrected chi connectivity index (χ1v) is 7.42. The van der Waals surface area contributed by atoms with Gasteiger partial charge in [-0.05, 0) is 54.7 Å². The molecular weight excluding hydrogens is 242 g/mol. The lowest BCUT2D eigenvalue weighted by atomic mass is 9.76. The van der Waals surface area contributed by atoms with Crippen molar-refractivity contribution in [3.05, 3.63) is 34.9 Å². The van der Waals surface area contributed by atoms with Crippen molar-refractivity contribution in [2.45, 2.75) is 45.1 Å². The summed E-state index contributed by atoms with van der Waals surface area (Å²) in [5.41, 5.74) is 1.93. The maximum atomic E-state index is 6.23. The minimum atomic E-state index is 0.596. The molecule has 1 nitrogen and oxygen atoms in total. The van der Waals surface area contributed by atoms with Crippen molar-refractivity contribution in [2.24, 2.45) is 11.3 Å². The second-order valence-corrected chi connectivity index (χ2v) is 7.09. The van der Waals surface area contributed by atoms with E-state index < -0.39 is 0 Å². The third kappa shape index (κ3) is 2.44. The van der Waals surface area contributed by atoms with Crippen LogP contribution in [-0.2, 0) is 0 Å². The predicted octanol–water partition coefficient (Wildman–Crippen LogP) is 4.22. The van der Waals surface area contributed by atoms with Gasteiger partial charge in [0.05, 0.1) is 0 Å². The molecule has 2 aliphatic rings. The van der Waals surface area contributed by atoms with Gasteiger partial charge < -0.3 is 5.32 Å². The first-order valence-electron chi connectivity index (χ1n) is 7.04. The van der Waals surface area contributed by atoms with Crippen LogP contribution in [0.1, 0.15) is 44.6 Å². The Bertz CT molecular complexity index is 434. The maximum absolute atomic E-state index is 6.23. The number of halogens is 1. The Morgan fingerprint density at radius 1 is 1.28 bits per heavy atom. The van der Waals surface area contributed by atoms with Crippen LogP contribution in [0.2, 0.25) is 5.02 Å². The van der Waals surface area contributed by atoms with Crippen LogP contribution in [0.15, 0.2) is 24.3 Å². The van der Waals surface area contributed by atoms with Crippen LogP contribution in [0.5, 0.6) is 0 Å². The molecule has 0 aliphatic heterocycles. The van der Waals surface area contributed by atoms with Gasteiger partial charge in [0.1, 0.15) is 0 Å². The number of rotatable bonds is 4. The van der Waals surface area contributed by atoms with Crippen LogP contribution in [0.25, 0.3) is 0 Å². The van der Waals surface area contributed by atoms with E-state index in [2.05, 4.69) is 31.3 Å². The molecule has 0 amide bonds. The summed E-state index contributed by atoms with van der Waals surface area (Å²) < 4.78 is 0. The maximum Gasteiger partial charge on any atom is 0.0440 e. The molecule has 1 atom stereocenters. The Kier molecular flexibility index (Phi) is 3.15. The molecular formula is C16H22ClN. The van der Waals surface area contributed by atoms with Gasteiger partial charge in [-0.15, -0.1) is 0 Å². The van der Waals surface area contributed by atoms with Gasteiger partial charge in [0.2, 0.25) is 0 Å².